The number of ether oxygens (including phenoxy) is 2. The maximum absolute atomic E-state index is 14.1. The van der Waals surface area contributed by atoms with Crippen LogP contribution in [0.2, 0.25) is 0 Å². The van der Waals surface area contributed by atoms with Crippen molar-refractivity contribution < 1.29 is 40.4 Å². The molecule has 0 radical (unpaired) electrons. The maximum atomic E-state index is 14.1. The molecule has 2 N–H and O–H groups in total. The van der Waals surface area contributed by atoms with E-state index in [1.807, 2.05) is 0 Å². The first-order valence-electron chi connectivity index (χ1n) is 9.53. The van der Waals surface area contributed by atoms with Gasteiger partial charge in [0.2, 0.25) is 11.6 Å². The molecule has 3 aromatic rings. The van der Waals surface area contributed by atoms with Gasteiger partial charge in [-0.25, -0.2) is 13.4 Å². The number of rotatable bonds is 6. The Morgan fingerprint density at radius 3 is 2.43 bits per heavy atom. The minimum absolute atomic E-state index is 0.0236. The van der Waals surface area contributed by atoms with E-state index < -0.39 is 67.6 Å². The van der Waals surface area contributed by atoms with Crippen molar-refractivity contribution in [2.45, 2.75) is 18.0 Å². The monoisotopic (exact) mass is 516 g/mol. The van der Waals surface area contributed by atoms with Gasteiger partial charge in [0, 0.05) is 16.8 Å². The van der Waals surface area contributed by atoms with Crippen LogP contribution in [0.3, 0.4) is 0 Å². The summed E-state index contributed by atoms with van der Waals surface area (Å²) in [6, 6.07) is 6.98. The molecule has 0 saturated heterocycles. The minimum Gasteiger partial charge on any atom is -0.490 e. The molecule has 14 heteroatoms. The molecular formula is C21H17F5N4O4S. The van der Waals surface area contributed by atoms with Gasteiger partial charge in [0.15, 0.2) is 17.3 Å². The standard InChI is InChI=1S/C21H17F5N4O4S/c1-10-15(19(31)28-11-5-4-6-12(9-11)35(3,27)32)20(30-29-18(10)21(24,25)26)34-14-8-7-13(22)16(23)17(14)33-2/h4-9,27H,1-3H3,(H,28,31)/t35-/m1/s1. The van der Waals surface area contributed by atoms with E-state index in [4.69, 9.17) is 14.3 Å². The van der Waals surface area contributed by atoms with Gasteiger partial charge in [-0.1, -0.05) is 6.07 Å². The summed E-state index contributed by atoms with van der Waals surface area (Å²) in [5.74, 6) is -5.75. The van der Waals surface area contributed by atoms with Crippen LogP contribution in [0.5, 0.6) is 17.4 Å². The number of hydrogen-bond acceptors (Lipinski definition) is 7. The summed E-state index contributed by atoms with van der Waals surface area (Å²) < 4.78 is 97.7. The van der Waals surface area contributed by atoms with E-state index in [0.717, 1.165) is 26.4 Å². The first-order chi connectivity index (χ1) is 16.2. The van der Waals surface area contributed by atoms with Crippen molar-refractivity contribution >= 4 is 21.3 Å². The summed E-state index contributed by atoms with van der Waals surface area (Å²) in [5.41, 5.74) is -2.80. The normalized spacial score (nSPS) is 13.1. The molecule has 1 atom stereocenters. The Labute approximate surface area is 196 Å². The van der Waals surface area contributed by atoms with Crippen molar-refractivity contribution in [3.8, 4) is 17.4 Å². The van der Waals surface area contributed by atoms with Crippen LogP contribution in [0.1, 0.15) is 21.6 Å². The van der Waals surface area contributed by atoms with E-state index in [1.54, 1.807) is 0 Å². The van der Waals surface area contributed by atoms with Gasteiger partial charge in [-0.15, -0.1) is 10.2 Å². The predicted molar refractivity (Wildman–Crippen MR) is 114 cm³/mol. The van der Waals surface area contributed by atoms with Crippen molar-refractivity contribution in [1.82, 2.24) is 10.2 Å². The Morgan fingerprint density at radius 1 is 1.14 bits per heavy atom. The summed E-state index contributed by atoms with van der Waals surface area (Å²) in [6.45, 7) is 0.959. The molecule has 0 saturated carbocycles. The van der Waals surface area contributed by atoms with Gasteiger partial charge >= 0.3 is 6.18 Å². The number of hydrogen-bond donors (Lipinski definition) is 2. The number of amides is 1. The molecular weight excluding hydrogens is 499 g/mol. The topological polar surface area (TPSA) is 114 Å². The number of benzene rings is 2. The van der Waals surface area contributed by atoms with E-state index in [-0.39, 0.29) is 10.6 Å². The summed E-state index contributed by atoms with van der Waals surface area (Å²) in [5, 5.41) is 8.77. The van der Waals surface area contributed by atoms with Crippen molar-refractivity contribution in [2.24, 2.45) is 0 Å². The molecule has 1 heterocycles. The second-order valence-corrected chi connectivity index (χ2v) is 9.33. The molecule has 35 heavy (non-hydrogen) atoms. The Kier molecular flexibility index (Phi) is 6.96. The molecule has 0 fully saturated rings. The van der Waals surface area contributed by atoms with Crippen LogP contribution in [-0.4, -0.2) is 33.7 Å². The fourth-order valence-electron chi connectivity index (χ4n) is 3.01. The molecule has 0 aliphatic heterocycles. The highest BCUT2D eigenvalue weighted by molar-refractivity contribution is 7.91. The van der Waals surface area contributed by atoms with E-state index in [9.17, 15) is 31.0 Å². The zero-order chi connectivity index (χ0) is 26.1. The second kappa shape index (κ2) is 9.44. The number of aromatic nitrogens is 2. The number of methoxy groups -OCH3 is 1. The Morgan fingerprint density at radius 2 is 1.83 bits per heavy atom. The lowest BCUT2D eigenvalue weighted by Gasteiger charge is -2.17. The third kappa shape index (κ3) is 5.48. The molecule has 1 aromatic heterocycles. The van der Waals surface area contributed by atoms with Crippen LogP contribution in [0.4, 0.5) is 27.6 Å². The summed E-state index contributed by atoms with van der Waals surface area (Å²) in [6.07, 6.45) is -3.81. The fourth-order valence-corrected chi connectivity index (χ4v) is 3.70. The van der Waals surface area contributed by atoms with Gasteiger partial charge in [0.05, 0.1) is 16.8 Å². The van der Waals surface area contributed by atoms with Crippen LogP contribution in [0.25, 0.3) is 0 Å². The smallest absolute Gasteiger partial charge is 0.435 e. The van der Waals surface area contributed by atoms with Crippen LogP contribution >= 0.6 is 0 Å². The number of nitrogens with zero attached hydrogens (tertiary/aromatic N) is 2. The zero-order valence-electron chi connectivity index (χ0n) is 18.3. The lowest BCUT2D eigenvalue weighted by atomic mass is 10.1. The third-order valence-corrected chi connectivity index (χ3v) is 5.80. The number of carbonyl (C=O) groups is 1. The molecule has 1 amide bonds. The van der Waals surface area contributed by atoms with Gasteiger partial charge in [0.25, 0.3) is 11.8 Å². The SMILES string of the molecule is COc1c(Oc2nnc(C(F)(F)F)c(C)c2C(=O)Nc2cccc([S@](C)(=N)=O)c2)ccc(F)c1F. The lowest BCUT2D eigenvalue weighted by Crippen LogP contribution is -2.21. The van der Waals surface area contributed by atoms with E-state index in [1.165, 1.54) is 24.3 Å². The molecule has 8 nitrogen and oxygen atoms in total. The van der Waals surface area contributed by atoms with Crippen molar-refractivity contribution in [2.75, 3.05) is 18.7 Å². The molecule has 0 bridgehead atoms. The fraction of sp³-hybridized carbons (Fsp3) is 0.190. The predicted octanol–water partition coefficient (Wildman–Crippen LogP) is 5.17. The summed E-state index contributed by atoms with van der Waals surface area (Å²) in [7, 11) is -2.14. The summed E-state index contributed by atoms with van der Waals surface area (Å²) in [4.78, 5) is 13.1. The van der Waals surface area contributed by atoms with Crippen LogP contribution in [-0.2, 0) is 15.9 Å². The number of carbonyl (C=O) groups excluding carboxylic acids is 1. The molecule has 2 aromatic carbocycles. The molecule has 3 rings (SSSR count). The van der Waals surface area contributed by atoms with Gasteiger partial charge in [0.1, 0.15) is 5.56 Å². The van der Waals surface area contributed by atoms with Crippen LogP contribution in [0.15, 0.2) is 41.3 Å². The lowest BCUT2D eigenvalue weighted by molar-refractivity contribution is -0.142. The van der Waals surface area contributed by atoms with Crippen LogP contribution < -0.4 is 14.8 Å². The second-order valence-electron chi connectivity index (χ2n) is 7.17. The highest BCUT2D eigenvalue weighted by Crippen LogP contribution is 2.38. The van der Waals surface area contributed by atoms with E-state index >= 15 is 0 Å². The van der Waals surface area contributed by atoms with E-state index in [0.29, 0.717) is 6.07 Å². The zero-order valence-corrected chi connectivity index (χ0v) is 19.1. The molecule has 0 spiro atoms. The first-order valence-corrected chi connectivity index (χ1v) is 11.5. The Bertz CT molecular complexity index is 1410. The number of nitrogens with one attached hydrogen (secondary N) is 2. The Hall–Kier alpha value is -3.81. The van der Waals surface area contributed by atoms with Crippen LogP contribution in [0, 0.1) is 23.3 Å². The number of halogens is 5. The molecule has 0 unspecified atom stereocenters. The van der Waals surface area contributed by atoms with Crippen molar-refractivity contribution in [1.29, 1.82) is 4.78 Å². The average molecular weight is 516 g/mol. The maximum Gasteiger partial charge on any atom is 0.435 e. The Balaban J connectivity index is 2.12. The summed E-state index contributed by atoms with van der Waals surface area (Å²) >= 11 is 0. The first kappa shape index (κ1) is 25.8. The van der Waals surface area contributed by atoms with Gasteiger partial charge in [-0.3, -0.25) is 4.79 Å². The minimum atomic E-state index is -4.97. The molecule has 0 aliphatic rings. The third-order valence-electron chi connectivity index (χ3n) is 4.65. The molecule has 0 aliphatic carbocycles. The highest BCUT2D eigenvalue weighted by atomic mass is 32.2. The van der Waals surface area contributed by atoms with Gasteiger partial charge in [-0.05, 0) is 42.8 Å². The van der Waals surface area contributed by atoms with Crippen molar-refractivity contribution in [3.05, 3.63) is 64.9 Å². The van der Waals surface area contributed by atoms with E-state index in [2.05, 4.69) is 15.5 Å². The number of alkyl halides is 3. The highest BCUT2D eigenvalue weighted by Gasteiger charge is 2.38. The molecule has 186 valence electrons. The quantitative estimate of drug-likeness (QED) is 0.437. The van der Waals surface area contributed by atoms with Gasteiger partial charge < -0.3 is 14.8 Å². The largest absolute Gasteiger partial charge is 0.490 e. The average Bonchev–Trinajstić information content (AvgIpc) is 2.75. The van der Waals surface area contributed by atoms with Gasteiger partial charge in [-0.2, -0.15) is 17.6 Å². The number of anilines is 1. The van der Waals surface area contributed by atoms with Crippen molar-refractivity contribution in [3.63, 3.8) is 0 Å².